The van der Waals surface area contributed by atoms with Crippen LogP contribution in [0.1, 0.15) is 112 Å². The van der Waals surface area contributed by atoms with Crippen LogP contribution < -0.4 is 0 Å². The first-order valence-corrected chi connectivity index (χ1v) is 14.2. The second-order valence-corrected chi connectivity index (χ2v) is 12.2. The fourth-order valence-electron chi connectivity index (χ4n) is 8.57. The van der Waals surface area contributed by atoms with Crippen molar-refractivity contribution in [3.8, 4) is 0 Å². The van der Waals surface area contributed by atoms with Crippen LogP contribution in [0.3, 0.4) is 0 Å². The van der Waals surface area contributed by atoms with Crippen molar-refractivity contribution in [3.63, 3.8) is 0 Å². The molecule has 4 fully saturated rings. The summed E-state index contributed by atoms with van der Waals surface area (Å²) in [5, 5.41) is 0. The first kappa shape index (κ1) is 24.5. The predicted octanol–water partition coefficient (Wildman–Crippen LogP) is 7.05. The molecule has 0 bridgehead atoms. The Morgan fingerprint density at radius 3 is 2.33 bits per heavy atom. The van der Waals surface area contributed by atoms with E-state index in [9.17, 15) is 8.42 Å². The minimum Gasteiger partial charge on any atom is -0.264 e. The van der Waals surface area contributed by atoms with E-state index in [4.69, 9.17) is 8.74 Å². The van der Waals surface area contributed by atoms with E-state index in [1.807, 2.05) is 13.8 Å². The van der Waals surface area contributed by atoms with Crippen molar-refractivity contribution >= 4 is 10.4 Å². The van der Waals surface area contributed by atoms with Gasteiger partial charge in [0.25, 0.3) is 0 Å². The molecule has 4 nitrogen and oxygen atoms in total. The monoisotopic (exact) mass is 442 g/mol. The van der Waals surface area contributed by atoms with Gasteiger partial charge in [-0.15, -0.1) is 0 Å². The van der Waals surface area contributed by atoms with Gasteiger partial charge in [-0.1, -0.05) is 40.5 Å². The molecule has 0 amide bonds. The summed E-state index contributed by atoms with van der Waals surface area (Å²) in [6.07, 6.45) is 15.4. The van der Waals surface area contributed by atoms with Gasteiger partial charge in [0.2, 0.25) is 0 Å². The fourth-order valence-corrected chi connectivity index (χ4v) is 9.08. The molecule has 0 aromatic carbocycles. The second-order valence-electron chi connectivity index (χ2n) is 11.1. The van der Waals surface area contributed by atoms with Gasteiger partial charge in [0.05, 0.1) is 6.10 Å². The van der Waals surface area contributed by atoms with Gasteiger partial charge in [-0.05, 0) is 112 Å². The van der Waals surface area contributed by atoms with Gasteiger partial charge < -0.3 is 0 Å². The summed E-state index contributed by atoms with van der Waals surface area (Å²) in [6.45, 7) is 10.9. The highest BCUT2D eigenvalue weighted by molar-refractivity contribution is 7.80. The largest absolute Gasteiger partial charge is 0.397 e. The van der Waals surface area contributed by atoms with E-state index in [-0.39, 0.29) is 0 Å². The van der Waals surface area contributed by atoms with E-state index < -0.39 is 16.5 Å². The third kappa shape index (κ3) is 4.64. The maximum atomic E-state index is 11.0. The number of hydrogen-bond acceptors (Lipinski definition) is 3. The number of fused-ring (bicyclic) bond motifs is 5. The summed E-state index contributed by atoms with van der Waals surface area (Å²) in [5.41, 5.74) is 1.01. The highest BCUT2D eigenvalue weighted by Gasteiger charge is 2.59. The number of hydrogen-bond donors (Lipinski definition) is 1. The third-order valence-corrected chi connectivity index (χ3v) is 10.6. The molecular weight excluding hydrogens is 396 g/mol. The molecule has 176 valence electrons. The minimum absolute atomic E-state index is 0.414. The van der Waals surface area contributed by atoms with Crippen molar-refractivity contribution in [1.29, 1.82) is 0 Å². The van der Waals surface area contributed by atoms with Gasteiger partial charge in [-0.2, -0.15) is 8.42 Å². The van der Waals surface area contributed by atoms with Crippen LogP contribution in [0, 0.1) is 40.4 Å². The molecule has 0 aromatic rings. The summed E-state index contributed by atoms with van der Waals surface area (Å²) in [7, 11) is -4.34. The summed E-state index contributed by atoms with van der Waals surface area (Å²) in [4.78, 5) is 0. The third-order valence-electron chi connectivity index (χ3n) is 9.99. The molecule has 4 aliphatic carbocycles. The SMILES string of the molecule is CC.CC(CCC1CCC2C3CCC4CCCCC4(C)C3CCC12C)OS(=O)(=O)O. The van der Waals surface area contributed by atoms with E-state index in [0.717, 1.165) is 30.1 Å². The van der Waals surface area contributed by atoms with E-state index in [1.165, 1.54) is 64.2 Å². The van der Waals surface area contributed by atoms with Crippen LogP contribution in [-0.2, 0) is 14.6 Å². The van der Waals surface area contributed by atoms with Crippen LogP contribution in [0.2, 0.25) is 0 Å². The second kappa shape index (κ2) is 9.39. The van der Waals surface area contributed by atoms with Crippen molar-refractivity contribution in [2.45, 2.75) is 118 Å². The highest BCUT2D eigenvalue weighted by atomic mass is 32.3. The summed E-state index contributed by atoms with van der Waals surface area (Å²) in [5.74, 6) is 4.35. The molecule has 0 aromatic heterocycles. The topological polar surface area (TPSA) is 63.6 Å². The van der Waals surface area contributed by atoms with Gasteiger partial charge >= 0.3 is 10.4 Å². The maximum Gasteiger partial charge on any atom is 0.397 e. The molecule has 0 spiro atoms. The molecule has 4 saturated carbocycles. The van der Waals surface area contributed by atoms with Gasteiger partial charge in [0.1, 0.15) is 0 Å². The van der Waals surface area contributed by atoms with E-state index in [1.54, 1.807) is 6.92 Å². The summed E-state index contributed by atoms with van der Waals surface area (Å²) in [6, 6.07) is 0. The lowest BCUT2D eigenvalue weighted by molar-refractivity contribution is -0.111. The van der Waals surface area contributed by atoms with E-state index in [0.29, 0.717) is 23.2 Å². The Morgan fingerprint density at radius 2 is 1.63 bits per heavy atom. The minimum atomic E-state index is -4.34. The molecule has 1 N–H and O–H groups in total. The fraction of sp³-hybridized carbons (Fsp3) is 1.00. The average molecular weight is 443 g/mol. The molecular formula is C25H46O4S. The van der Waals surface area contributed by atoms with Crippen LogP contribution in [-0.4, -0.2) is 19.1 Å². The first-order valence-electron chi connectivity index (χ1n) is 12.8. The van der Waals surface area contributed by atoms with Gasteiger partial charge in [0.15, 0.2) is 0 Å². The van der Waals surface area contributed by atoms with Crippen LogP contribution in [0.4, 0.5) is 0 Å². The lowest BCUT2D eigenvalue weighted by Gasteiger charge is -2.60. The van der Waals surface area contributed by atoms with Gasteiger partial charge in [0, 0.05) is 0 Å². The molecule has 5 heteroatoms. The normalized spacial score (nSPS) is 44.1. The summed E-state index contributed by atoms with van der Waals surface area (Å²) < 4.78 is 35.6. The molecule has 0 saturated heterocycles. The Balaban J connectivity index is 0.00000124. The van der Waals surface area contributed by atoms with Crippen molar-refractivity contribution in [3.05, 3.63) is 0 Å². The van der Waals surface area contributed by atoms with Gasteiger partial charge in [-0.25, -0.2) is 4.18 Å². The van der Waals surface area contributed by atoms with Crippen LogP contribution in [0.15, 0.2) is 0 Å². The van der Waals surface area contributed by atoms with Crippen molar-refractivity contribution in [2.24, 2.45) is 40.4 Å². The molecule has 30 heavy (non-hydrogen) atoms. The van der Waals surface area contributed by atoms with Crippen LogP contribution in [0.25, 0.3) is 0 Å². The molecule has 8 unspecified atom stereocenters. The quantitative estimate of drug-likeness (QED) is 0.463. The molecule has 0 radical (unpaired) electrons. The summed E-state index contributed by atoms with van der Waals surface area (Å²) >= 11 is 0. The highest BCUT2D eigenvalue weighted by Crippen LogP contribution is 2.67. The lowest BCUT2D eigenvalue weighted by Crippen LogP contribution is -2.52. The smallest absolute Gasteiger partial charge is 0.264 e. The zero-order chi connectivity index (χ0) is 22.2. The Labute approximate surface area is 185 Å². The molecule has 8 atom stereocenters. The number of rotatable bonds is 5. The van der Waals surface area contributed by atoms with Crippen LogP contribution in [0.5, 0.6) is 0 Å². The van der Waals surface area contributed by atoms with Crippen LogP contribution >= 0.6 is 0 Å². The maximum absolute atomic E-state index is 11.0. The van der Waals surface area contributed by atoms with Crippen molar-refractivity contribution in [2.75, 3.05) is 0 Å². The standard InChI is InChI=1S/C23H40O4S.C2H6/c1-16(27-28(24,25)26)7-8-18-10-12-20-19-11-9-17-6-4-5-14-22(17,2)21(19)13-15-23(18,20)3;1-2/h16-21H,4-15H2,1-3H3,(H,24,25,26);1-2H3. The average Bonchev–Trinajstić information content (AvgIpc) is 3.02. The molecule has 0 aliphatic heterocycles. The van der Waals surface area contributed by atoms with E-state index in [2.05, 4.69) is 13.8 Å². The van der Waals surface area contributed by atoms with Crippen molar-refractivity contribution < 1.29 is 17.2 Å². The van der Waals surface area contributed by atoms with Crippen molar-refractivity contribution in [1.82, 2.24) is 0 Å². The Morgan fingerprint density at radius 1 is 0.933 bits per heavy atom. The van der Waals surface area contributed by atoms with Gasteiger partial charge in [-0.3, -0.25) is 4.55 Å². The zero-order valence-corrected chi connectivity index (χ0v) is 20.8. The lowest BCUT2D eigenvalue weighted by atomic mass is 9.45. The Kier molecular flexibility index (Phi) is 7.67. The Bertz CT molecular complexity index is 677. The zero-order valence-electron chi connectivity index (χ0n) is 20.0. The first-order chi connectivity index (χ1) is 14.1. The molecule has 4 aliphatic rings. The Hall–Kier alpha value is -0.130. The predicted molar refractivity (Wildman–Crippen MR) is 123 cm³/mol. The molecule has 0 heterocycles. The molecule has 4 rings (SSSR count). The van der Waals surface area contributed by atoms with E-state index >= 15 is 0 Å².